The summed E-state index contributed by atoms with van der Waals surface area (Å²) in [6.07, 6.45) is 1.59. The maximum atomic E-state index is 5.54. The molecule has 0 saturated heterocycles. The summed E-state index contributed by atoms with van der Waals surface area (Å²) in [6, 6.07) is 69.9. The van der Waals surface area contributed by atoms with E-state index in [2.05, 4.69) is 187 Å². The second-order valence-corrected chi connectivity index (χ2v) is 16.3. The van der Waals surface area contributed by atoms with Crippen molar-refractivity contribution in [1.29, 1.82) is 0 Å². The van der Waals surface area contributed by atoms with Crippen LogP contribution in [0.1, 0.15) is 5.69 Å². The fourth-order valence-electron chi connectivity index (χ4n) is 4.92. The monoisotopic (exact) mass is 802 g/mol. The van der Waals surface area contributed by atoms with E-state index in [0.717, 1.165) is 0 Å². The molecular weight excluding hydrogens is 766 g/mol. The maximum absolute atomic E-state index is 5.54. The Labute approximate surface area is 315 Å². The number of nitrogens with two attached hydrogens (primary N) is 1. The minimum atomic E-state index is -1.37. The van der Waals surface area contributed by atoms with E-state index >= 15 is 0 Å². The maximum Gasteiger partial charge on any atom is 0.209 e. The summed E-state index contributed by atoms with van der Waals surface area (Å²) in [5.41, 5.74) is 5.78. The third-order valence-corrected chi connectivity index (χ3v) is 12.4. The summed E-state index contributed by atoms with van der Waals surface area (Å²) in [5.74, 6) is 0. The molecule has 0 saturated carbocycles. The molecule has 0 unspecified atom stereocenters. The molecule has 7 rings (SSSR count). The van der Waals surface area contributed by atoms with E-state index in [9.17, 15) is 0 Å². The summed E-state index contributed by atoms with van der Waals surface area (Å²) in [5, 5.41) is 8.39. The Kier molecular flexibility index (Phi) is 15.8. The molecule has 0 radical (unpaired) electrons. The van der Waals surface area contributed by atoms with Crippen molar-refractivity contribution in [2.45, 2.75) is 4.46 Å². The quantitative estimate of drug-likeness (QED) is 0.0761. The van der Waals surface area contributed by atoms with Gasteiger partial charge in [0, 0.05) is 25.7 Å². The molecule has 0 amide bonds. The number of hydrogen-bond acceptors (Lipinski definition) is 2. The molecule has 246 valence electrons. The van der Waals surface area contributed by atoms with Crippen molar-refractivity contribution in [1.82, 2.24) is 4.98 Å². The molecule has 0 aliphatic carbocycles. The molecule has 1 aromatic heterocycles. The van der Waals surface area contributed by atoms with E-state index < -0.39 is 20.3 Å². The summed E-state index contributed by atoms with van der Waals surface area (Å²) < 4.78 is -1.37. The van der Waals surface area contributed by atoms with Crippen LogP contribution in [0, 0.1) is 0 Å². The van der Waals surface area contributed by atoms with Gasteiger partial charge in [0.05, 0.1) is 5.69 Å². The summed E-state index contributed by atoms with van der Waals surface area (Å²) in [6.45, 7) is 0. The molecule has 2 N–H and O–H groups in total. The first-order chi connectivity index (χ1) is 23.5. The molecule has 7 heteroatoms. The van der Waals surface area contributed by atoms with Crippen molar-refractivity contribution in [3.05, 3.63) is 212 Å². The summed E-state index contributed by atoms with van der Waals surface area (Å²) in [7, 11) is -0.892. The van der Waals surface area contributed by atoms with Crippen LogP contribution < -0.4 is 37.6 Å². The molecule has 0 atom stereocenters. The number of rotatable bonds is 7. The molecule has 1 heterocycles. The number of benzene rings is 6. The zero-order chi connectivity index (χ0) is 33.4. The van der Waals surface area contributed by atoms with Crippen molar-refractivity contribution in [2.75, 3.05) is 0 Å². The van der Waals surface area contributed by atoms with Gasteiger partial charge in [0.2, 0.25) is 4.46 Å². The largest absolute Gasteiger partial charge is 0.295 e. The first-order valence-corrected chi connectivity index (χ1v) is 18.9. The minimum absolute atomic E-state index is 0. The topological polar surface area (TPSA) is 38.9 Å². The van der Waals surface area contributed by atoms with E-state index in [1.165, 1.54) is 31.8 Å². The molecule has 0 fully saturated rings. The number of aromatic nitrogens is 1. The Morgan fingerprint density at radius 2 is 0.592 bits per heavy atom. The molecule has 0 aliphatic rings. The van der Waals surface area contributed by atoms with Gasteiger partial charge >= 0.3 is 0 Å². The van der Waals surface area contributed by atoms with Crippen molar-refractivity contribution in [3.63, 3.8) is 0 Å². The van der Waals surface area contributed by atoms with E-state index in [-0.39, 0.29) is 19.5 Å². The molecule has 0 bridgehead atoms. The van der Waals surface area contributed by atoms with Crippen LogP contribution >= 0.6 is 39.0 Å². The van der Waals surface area contributed by atoms with Gasteiger partial charge in [-0.05, 0) is 59.8 Å². The SMILES string of the molecule is NC(Cl)(Cl)c1ccccn1.[Ru].c1ccc(P(c2ccccc2)c2ccccc2)cc1.c1ccc(P(c2ccccc2)c2ccccc2)cc1. The van der Waals surface area contributed by atoms with Gasteiger partial charge in [-0.1, -0.05) is 211 Å². The van der Waals surface area contributed by atoms with Crippen LogP contribution in [-0.4, -0.2) is 4.98 Å². The zero-order valence-corrected chi connectivity index (χ0v) is 31.7. The van der Waals surface area contributed by atoms with Crippen LogP contribution in [0.15, 0.2) is 206 Å². The van der Waals surface area contributed by atoms with Crippen LogP contribution in [0.4, 0.5) is 0 Å². The average Bonchev–Trinajstić information content (AvgIpc) is 3.15. The van der Waals surface area contributed by atoms with Gasteiger partial charge in [-0.2, -0.15) is 0 Å². The van der Waals surface area contributed by atoms with Crippen LogP contribution in [0.3, 0.4) is 0 Å². The normalized spacial score (nSPS) is 10.6. The number of alkyl halides is 2. The molecule has 0 aliphatic heterocycles. The van der Waals surface area contributed by atoms with Gasteiger partial charge in [0.1, 0.15) is 0 Å². The van der Waals surface area contributed by atoms with Crippen molar-refractivity contribution in [3.8, 4) is 0 Å². The van der Waals surface area contributed by atoms with Gasteiger partial charge in [0.25, 0.3) is 0 Å². The average molecular weight is 803 g/mol. The van der Waals surface area contributed by atoms with Gasteiger partial charge < -0.3 is 0 Å². The molecule has 0 spiro atoms. The van der Waals surface area contributed by atoms with Crippen molar-refractivity contribution >= 4 is 70.9 Å². The standard InChI is InChI=1S/2C18H15P.C6H6Cl2N2.Ru/c2*1-4-10-16(11-5-1)19(17-12-6-2-7-13-17)18-14-8-3-9-15-18;7-6(8,9)5-3-1-2-4-10-5;/h2*1-15H;1-4H,9H2;. The Bertz CT molecular complexity index is 1580. The van der Waals surface area contributed by atoms with E-state index in [1.807, 2.05) is 0 Å². The zero-order valence-electron chi connectivity index (χ0n) is 26.7. The first kappa shape index (κ1) is 38.3. The van der Waals surface area contributed by atoms with Crippen LogP contribution in [-0.2, 0) is 23.9 Å². The second-order valence-electron chi connectivity index (χ2n) is 10.5. The van der Waals surface area contributed by atoms with Gasteiger partial charge in [-0.3, -0.25) is 10.7 Å². The fraction of sp³-hybridized carbons (Fsp3) is 0.0238. The third kappa shape index (κ3) is 11.8. The number of hydrogen-bond donors (Lipinski definition) is 1. The van der Waals surface area contributed by atoms with Crippen LogP contribution in [0.5, 0.6) is 0 Å². The second kappa shape index (κ2) is 20.2. The Balaban J connectivity index is 0.000000172. The van der Waals surface area contributed by atoms with Gasteiger partial charge in [0.15, 0.2) is 0 Å². The summed E-state index contributed by atoms with van der Waals surface area (Å²) in [4.78, 5) is 3.86. The van der Waals surface area contributed by atoms with E-state index in [4.69, 9.17) is 28.9 Å². The Morgan fingerprint density at radius 1 is 0.367 bits per heavy atom. The Hall–Kier alpha value is -3.51. The Morgan fingerprint density at radius 3 is 0.755 bits per heavy atom. The van der Waals surface area contributed by atoms with Crippen LogP contribution in [0.2, 0.25) is 0 Å². The third-order valence-electron chi connectivity index (χ3n) is 7.09. The van der Waals surface area contributed by atoms with Crippen molar-refractivity contribution < 1.29 is 19.5 Å². The smallest absolute Gasteiger partial charge is 0.209 e. The fourth-order valence-corrected chi connectivity index (χ4v) is 9.75. The predicted octanol–water partition coefficient (Wildman–Crippen LogP) is 8.52. The van der Waals surface area contributed by atoms with Crippen molar-refractivity contribution in [2.24, 2.45) is 5.73 Å². The molecule has 6 aromatic carbocycles. The van der Waals surface area contributed by atoms with Gasteiger partial charge in [-0.25, -0.2) is 0 Å². The number of nitrogens with zero attached hydrogens (tertiary/aromatic N) is 1. The minimum Gasteiger partial charge on any atom is -0.295 e. The van der Waals surface area contributed by atoms with E-state index in [0.29, 0.717) is 5.69 Å². The molecular formula is C42H36Cl2N2P2Ru. The first-order valence-electron chi connectivity index (χ1n) is 15.5. The van der Waals surface area contributed by atoms with Gasteiger partial charge in [-0.15, -0.1) is 0 Å². The number of pyridine rings is 1. The predicted molar refractivity (Wildman–Crippen MR) is 212 cm³/mol. The molecule has 2 nitrogen and oxygen atoms in total. The molecule has 49 heavy (non-hydrogen) atoms. The van der Waals surface area contributed by atoms with Crippen LogP contribution in [0.25, 0.3) is 0 Å². The summed E-state index contributed by atoms with van der Waals surface area (Å²) >= 11 is 11.1. The number of halogens is 2. The van der Waals surface area contributed by atoms with E-state index in [1.54, 1.807) is 24.4 Å². The molecule has 7 aromatic rings.